The zero-order valence-corrected chi connectivity index (χ0v) is 12.4. The molecule has 9 heteroatoms. The van der Waals surface area contributed by atoms with Crippen LogP contribution in [0, 0.1) is 6.92 Å². The van der Waals surface area contributed by atoms with Gasteiger partial charge in [-0.2, -0.15) is 4.98 Å². The average Bonchev–Trinajstić information content (AvgIpc) is 3.15. The minimum Gasteiger partial charge on any atom is -0.342 e. The summed E-state index contributed by atoms with van der Waals surface area (Å²) in [6.07, 6.45) is 3.37. The topological polar surface area (TPSA) is 106 Å². The minimum atomic E-state index is -0.300. The Kier molecular flexibility index (Phi) is 4.05. The van der Waals surface area contributed by atoms with Gasteiger partial charge < -0.3 is 15.2 Å². The number of anilines is 2. The molecule has 0 saturated heterocycles. The second-order valence-electron chi connectivity index (χ2n) is 4.32. The van der Waals surface area contributed by atoms with Crippen molar-refractivity contribution in [2.45, 2.75) is 13.5 Å². The Morgan fingerprint density at radius 3 is 3.05 bits per heavy atom. The molecule has 3 aromatic heterocycles. The van der Waals surface area contributed by atoms with Gasteiger partial charge in [-0.3, -0.25) is 9.78 Å². The largest absolute Gasteiger partial charge is 0.342 e. The van der Waals surface area contributed by atoms with Crippen LogP contribution in [0.15, 0.2) is 34.4 Å². The van der Waals surface area contributed by atoms with Gasteiger partial charge >= 0.3 is 0 Å². The number of thiazole rings is 1. The minimum absolute atomic E-state index is 0.169. The van der Waals surface area contributed by atoms with Crippen LogP contribution in [0.3, 0.4) is 0 Å². The van der Waals surface area contributed by atoms with Crippen molar-refractivity contribution in [3.05, 3.63) is 47.3 Å². The fraction of sp³-hybridized carbons (Fsp3) is 0.154. The molecular weight excluding hydrogens is 304 g/mol. The molecule has 0 atom stereocenters. The van der Waals surface area contributed by atoms with Crippen molar-refractivity contribution in [1.29, 1.82) is 0 Å². The van der Waals surface area contributed by atoms with Gasteiger partial charge in [-0.25, -0.2) is 4.98 Å². The van der Waals surface area contributed by atoms with E-state index in [1.54, 1.807) is 24.7 Å². The quantitative estimate of drug-likeness (QED) is 0.740. The van der Waals surface area contributed by atoms with Crippen molar-refractivity contribution in [1.82, 2.24) is 25.4 Å². The van der Waals surface area contributed by atoms with E-state index >= 15 is 0 Å². The summed E-state index contributed by atoms with van der Waals surface area (Å²) in [5.41, 5.74) is 1.14. The number of nitrogens with one attached hydrogen (secondary N) is 2. The maximum Gasteiger partial charge on any atom is 0.271 e. The molecule has 0 aromatic carbocycles. The van der Waals surface area contributed by atoms with E-state index in [0.29, 0.717) is 22.5 Å². The van der Waals surface area contributed by atoms with Crippen LogP contribution < -0.4 is 10.6 Å². The SMILES string of the molecule is Cc1noc(CNC(=O)c2csc(Nc3cccnc3)n2)n1. The van der Waals surface area contributed by atoms with E-state index in [2.05, 4.69) is 30.7 Å². The second-order valence-corrected chi connectivity index (χ2v) is 5.18. The van der Waals surface area contributed by atoms with E-state index in [1.807, 2.05) is 12.1 Å². The zero-order valence-electron chi connectivity index (χ0n) is 11.6. The Bertz CT molecular complexity index is 770. The van der Waals surface area contributed by atoms with Crippen LogP contribution in [0.4, 0.5) is 10.8 Å². The number of amides is 1. The first-order valence-electron chi connectivity index (χ1n) is 6.40. The van der Waals surface area contributed by atoms with E-state index < -0.39 is 0 Å². The summed E-state index contributed by atoms with van der Waals surface area (Å²) in [6, 6.07) is 3.68. The van der Waals surface area contributed by atoms with Crippen LogP contribution >= 0.6 is 11.3 Å². The number of pyridine rings is 1. The van der Waals surface area contributed by atoms with Crippen LogP contribution in [-0.2, 0) is 6.54 Å². The highest BCUT2D eigenvalue weighted by molar-refractivity contribution is 7.14. The lowest BCUT2D eigenvalue weighted by atomic mass is 10.4. The van der Waals surface area contributed by atoms with E-state index in [0.717, 1.165) is 5.69 Å². The first-order chi connectivity index (χ1) is 10.7. The lowest BCUT2D eigenvalue weighted by Crippen LogP contribution is -2.23. The lowest BCUT2D eigenvalue weighted by molar-refractivity contribution is 0.0942. The van der Waals surface area contributed by atoms with Gasteiger partial charge in [0.1, 0.15) is 5.69 Å². The van der Waals surface area contributed by atoms with E-state index in [4.69, 9.17) is 4.52 Å². The third kappa shape index (κ3) is 3.44. The van der Waals surface area contributed by atoms with Crippen molar-refractivity contribution in [2.75, 3.05) is 5.32 Å². The maximum absolute atomic E-state index is 12.0. The molecule has 0 radical (unpaired) electrons. The second kappa shape index (κ2) is 6.31. The van der Waals surface area contributed by atoms with E-state index in [9.17, 15) is 4.79 Å². The number of rotatable bonds is 5. The molecular formula is C13H12N6O2S. The molecule has 3 aromatic rings. The fourth-order valence-electron chi connectivity index (χ4n) is 1.65. The van der Waals surface area contributed by atoms with Crippen LogP contribution in [0.1, 0.15) is 22.2 Å². The Hall–Kier alpha value is -2.81. The molecule has 0 fully saturated rings. The van der Waals surface area contributed by atoms with Crippen molar-refractivity contribution in [3.8, 4) is 0 Å². The molecule has 2 N–H and O–H groups in total. The Morgan fingerprint density at radius 1 is 1.41 bits per heavy atom. The molecule has 3 rings (SSSR count). The molecule has 0 unspecified atom stereocenters. The van der Waals surface area contributed by atoms with Crippen molar-refractivity contribution >= 4 is 28.1 Å². The average molecular weight is 316 g/mol. The van der Waals surface area contributed by atoms with Crippen LogP contribution in [-0.4, -0.2) is 26.0 Å². The highest BCUT2D eigenvalue weighted by Crippen LogP contribution is 2.20. The summed E-state index contributed by atoms with van der Waals surface area (Å²) in [5.74, 6) is 0.585. The first kappa shape index (κ1) is 14.1. The fourth-order valence-corrected chi connectivity index (χ4v) is 2.36. The number of nitrogens with zero attached hydrogens (tertiary/aromatic N) is 4. The molecule has 0 spiro atoms. The predicted molar refractivity (Wildman–Crippen MR) is 79.8 cm³/mol. The van der Waals surface area contributed by atoms with E-state index in [1.165, 1.54) is 11.3 Å². The monoisotopic (exact) mass is 316 g/mol. The van der Waals surface area contributed by atoms with Gasteiger partial charge in [0.05, 0.1) is 18.4 Å². The van der Waals surface area contributed by atoms with Gasteiger partial charge in [-0.15, -0.1) is 11.3 Å². The molecule has 0 bridgehead atoms. The summed E-state index contributed by atoms with van der Waals surface area (Å²) in [6.45, 7) is 1.88. The Balaban J connectivity index is 1.59. The number of hydrogen-bond donors (Lipinski definition) is 2. The molecule has 0 saturated carbocycles. The number of carbonyl (C=O) groups excluding carboxylic acids is 1. The van der Waals surface area contributed by atoms with Crippen LogP contribution in [0.2, 0.25) is 0 Å². The van der Waals surface area contributed by atoms with Crippen LogP contribution in [0.25, 0.3) is 0 Å². The summed E-state index contributed by atoms with van der Waals surface area (Å²) >= 11 is 1.34. The molecule has 1 amide bonds. The Morgan fingerprint density at radius 2 is 2.32 bits per heavy atom. The Labute approximate surface area is 129 Å². The van der Waals surface area contributed by atoms with Gasteiger partial charge in [-0.1, -0.05) is 5.16 Å². The summed E-state index contributed by atoms with van der Waals surface area (Å²) in [5, 5.41) is 11.7. The number of carbonyl (C=O) groups is 1. The number of hydrogen-bond acceptors (Lipinski definition) is 8. The number of aromatic nitrogens is 4. The first-order valence-corrected chi connectivity index (χ1v) is 7.28. The third-order valence-electron chi connectivity index (χ3n) is 2.62. The predicted octanol–water partition coefficient (Wildman–Crippen LogP) is 1.90. The van der Waals surface area contributed by atoms with Crippen molar-refractivity contribution in [3.63, 3.8) is 0 Å². The third-order valence-corrected chi connectivity index (χ3v) is 3.38. The standard InChI is InChI=1S/C13H12N6O2S/c1-8-16-11(21-19-8)6-15-12(20)10-7-22-13(18-10)17-9-3-2-4-14-5-9/h2-5,7H,6H2,1H3,(H,15,20)(H,17,18). The molecule has 8 nitrogen and oxygen atoms in total. The van der Waals surface area contributed by atoms with Gasteiger partial charge in [0.2, 0.25) is 5.89 Å². The van der Waals surface area contributed by atoms with Gasteiger partial charge in [-0.05, 0) is 19.1 Å². The molecule has 112 valence electrons. The zero-order chi connectivity index (χ0) is 15.4. The maximum atomic E-state index is 12.0. The smallest absolute Gasteiger partial charge is 0.271 e. The van der Waals surface area contributed by atoms with Crippen molar-refractivity contribution < 1.29 is 9.32 Å². The van der Waals surface area contributed by atoms with Crippen molar-refractivity contribution in [2.24, 2.45) is 0 Å². The highest BCUT2D eigenvalue weighted by atomic mass is 32.1. The highest BCUT2D eigenvalue weighted by Gasteiger charge is 2.12. The molecule has 0 aliphatic rings. The molecule has 3 heterocycles. The van der Waals surface area contributed by atoms with E-state index in [-0.39, 0.29) is 12.5 Å². The summed E-state index contributed by atoms with van der Waals surface area (Å²) in [4.78, 5) is 24.2. The normalized spacial score (nSPS) is 10.4. The molecule has 0 aliphatic heterocycles. The molecule has 0 aliphatic carbocycles. The van der Waals surface area contributed by atoms with Gasteiger partial charge in [0.25, 0.3) is 5.91 Å². The molecule has 22 heavy (non-hydrogen) atoms. The van der Waals surface area contributed by atoms with Gasteiger partial charge in [0, 0.05) is 11.6 Å². The summed E-state index contributed by atoms with van der Waals surface area (Å²) < 4.78 is 4.92. The number of aryl methyl sites for hydroxylation is 1. The van der Waals surface area contributed by atoms with Gasteiger partial charge in [0.15, 0.2) is 11.0 Å². The summed E-state index contributed by atoms with van der Waals surface area (Å²) in [7, 11) is 0. The lowest BCUT2D eigenvalue weighted by Gasteiger charge is -2.00. The van der Waals surface area contributed by atoms with Crippen LogP contribution in [0.5, 0.6) is 0 Å².